The van der Waals surface area contributed by atoms with Crippen molar-refractivity contribution in [3.05, 3.63) is 16.6 Å². The third kappa shape index (κ3) is 2.80. The predicted molar refractivity (Wildman–Crippen MR) is 56.9 cm³/mol. The average molecular weight is 292 g/mol. The zero-order valence-electron chi connectivity index (χ0n) is 8.64. The van der Waals surface area contributed by atoms with Crippen molar-refractivity contribution in [3.8, 4) is 0 Å². The average Bonchev–Trinajstić information content (AvgIpc) is 2.56. The summed E-state index contributed by atoms with van der Waals surface area (Å²) in [6, 6.07) is 0. The summed E-state index contributed by atoms with van der Waals surface area (Å²) in [5, 5.41) is 0. The van der Waals surface area contributed by atoms with Gasteiger partial charge < -0.3 is 15.3 Å². The molecule has 88 valence electrons. The largest absolute Gasteiger partial charge is 0.429 e. The Morgan fingerprint density at radius 3 is 2.75 bits per heavy atom. The van der Waals surface area contributed by atoms with Crippen LogP contribution in [-0.2, 0) is 4.74 Å². The Bertz CT molecular complexity index is 417. The molecule has 2 N–H and O–H groups in total. The van der Waals surface area contributed by atoms with Crippen molar-refractivity contribution in [2.45, 2.75) is 13.0 Å². The third-order valence-corrected chi connectivity index (χ3v) is 2.16. The molecular weight excluding hydrogens is 282 g/mol. The van der Waals surface area contributed by atoms with E-state index >= 15 is 0 Å². The number of Topliss-reactive ketones (excluding diaryl/α,β-unsaturated/α-hetero) is 1. The molecule has 1 atom stereocenters. The van der Waals surface area contributed by atoms with Crippen molar-refractivity contribution in [1.82, 2.24) is 9.71 Å². The second-order valence-corrected chi connectivity index (χ2v) is 3.68. The summed E-state index contributed by atoms with van der Waals surface area (Å²) in [7, 11) is 1.39. The van der Waals surface area contributed by atoms with Gasteiger partial charge in [-0.15, -0.1) is 0 Å². The van der Waals surface area contributed by atoms with E-state index in [-0.39, 0.29) is 5.82 Å². The molecule has 7 nitrogen and oxygen atoms in total. The van der Waals surface area contributed by atoms with E-state index in [1.54, 1.807) is 6.92 Å². The normalized spacial score (nSPS) is 12.2. The highest BCUT2D eigenvalue weighted by atomic mass is 79.9. The molecule has 1 heterocycles. The molecule has 0 aliphatic rings. The second kappa shape index (κ2) is 5.08. The fourth-order valence-electron chi connectivity index (χ4n) is 0.956. The Balaban J connectivity index is 3.02. The minimum Gasteiger partial charge on any atom is -0.373 e. The maximum atomic E-state index is 11.7. The Morgan fingerprint density at radius 1 is 1.62 bits per heavy atom. The first-order chi connectivity index (χ1) is 7.45. The highest BCUT2D eigenvalue weighted by Crippen LogP contribution is 2.11. The molecule has 1 aromatic rings. The fraction of sp³-hybridized carbons (Fsp3) is 0.375. The summed E-state index contributed by atoms with van der Waals surface area (Å²) in [6.07, 6.45) is -0.422. The monoisotopic (exact) mass is 291 g/mol. The molecule has 0 saturated carbocycles. The molecule has 0 aromatic carbocycles. The number of aromatic nitrogens is 2. The van der Waals surface area contributed by atoms with Crippen LogP contribution < -0.4 is 10.6 Å². The Morgan fingerprint density at radius 2 is 2.25 bits per heavy atom. The Kier molecular flexibility index (Phi) is 4.02. The first kappa shape index (κ1) is 12.7. The molecule has 0 aliphatic heterocycles. The minimum absolute atomic E-state index is 0.0694. The van der Waals surface area contributed by atoms with Gasteiger partial charge in [-0.25, -0.2) is 9.78 Å². The lowest BCUT2D eigenvalue weighted by atomic mass is 10.2. The molecule has 0 radical (unpaired) electrons. The maximum absolute atomic E-state index is 11.7. The van der Waals surface area contributed by atoms with Crippen molar-refractivity contribution in [2.24, 2.45) is 5.73 Å². The number of carbonyl (C=O) groups excluding carboxylic acids is 2. The second-order valence-electron chi connectivity index (χ2n) is 2.87. The number of methoxy groups -OCH3 is 1. The lowest BCUT2D eigenvalue weighted by Crippen LogP contribution is -2.30. The fourth-order valence-corrected chi connectivity index (χ4v) is 1.31. The third-order valence-electron chi connectivity index (χ3n) is 1.78. The highest BCUT2D eigenvalue weighted by Gasteiger charge is 2.22. The van der Waals surface area contributed by atoms with E-state index in [1.807, 2.05) is 0 Å². The minimum atomic E-state index is -1.04. The molecule has 1 amide bonds. The van der Waals surface area contributed by atoms with Gasteiger partial charge in [0, 0.05) is 7.11 Å². The molecule has 0 aliphatic carbocycles. The van der Waals surface area contributed by atoms with Crippen molar-refractivity contribution >= 4 is 27.8 Å². The van der Waals surface area contributed by atoms with Crippen molar-refractivity contribution in [1.29, 1.82) is 0 Å². The van der Waals surface area contributed by atoms with Gasteiger partial charge in [0.15, 0.2) is 0 Å². The van der Waals surface area contributed by atoms with Gasteiger partial charge in [-0.05, 0) is 22.9 Å². The molecule has 0 spiro atoms. The number of nitrogens with two attached hydrogens (primary N) is 1. The number of rotatable bonds is 4. The van der Waals surface area contributed by atoms with Gasteiger partial charge in [-0.1, -0.05) is 0 Å². The van der Waals surface area contributed by atoms with Gasteiger partial charge in [-0.2, -0.15) is 4.73 Å². The summed E-state index contributed by atoms with van der Waals surface area (Å²) in [5.41, 5.74) is 4.84. The smallest absolute Gasteiger partial charge is 0.373 e. The SMILES string of the molecule is COC(C)C(=O)c1nc(Br)cn1OC(N)=O. The number of nitrogens with zero attached hydrogens (tertiary/aromatic N) is 2. The van der Waals surface area contributed by atoms with E-state index in [2.05, 4.69) is 25.8 Å². The molecule has 0 bridgehead atoms. The highest BCUT2D eigenvalue weighted by molar-refractivity contribution is 9.10. The van der Waals surface area contributed by atoms with Crippen molar-refractivity contribution < 1.29 is 19.2 Å². The predicted octanol–water partition coefficient (Wildman–Crippen LogP) is 0.371. The van der Waals surface area contributed by atoms with E-state index < -0.39 is 18.0 Å². The molecule has 0 fully saturated rings. The quantitative estimate of drug-likeness (QED) is 0.809. The molecule has 1 unspecified atom stereocenters. The molecular formula is C8H10BrN3O4. The summed E-state index contributed by atoms with van der Waals surface area (Å²) >= 11 is 3.06. The molecule has 1 rings (SSSR count). The van der Waals surface area contributed by atoms with Crippen LogP contribution in [0.15, 0.2) is 10.8 Å². The van der Waals surface area contributed by atoms with Crippen LogP contribution in [0.4, 0.5) is 4.79 Å². The lowest BCUT2D eigenvalue weighted by Gasteiger charge is -2.08. The number of ether oxygens (including phenoxy) is 1. The molecule has 1 aromatic heterocycles. The van der Waals surface area contributed by atoms with Gasteiger partial charge in [0.2, 0.25) is 11.6 Å². The van der Waals surface area contributed by atoms with Crippen LogP contribution in [0.2, 0.25) is 0 Å². The van der Waals surface area contributed by atoms with Crippen LogP contribution in [0, 0.1) is 0 Å². The number of imidazole rings is 1. The van der Waals surface area contributed by atoms with Crippen LogP contribution in [0.5, 0.6) is 0 Å². The maximum Gasteiger partial charge on any atom is 0.429 e. The number of amides is 1. The topological polar surface area (TPSA) is 96.4 Å². The van der Waals surface area contributed by atoms with E-state index in [9.17, 15) is 9.59 Å². The van der Waals surface area contributed by atoms with Crippen LogP contribution in [0.3, 0.4) is 0 Å². The number of hydrogen-bond acceptors (Lipinski definition) is 5. The van der Waals surface area contributed by atoms with Gasteiger partial charge in [0.25, 0.3) is 0 Å². The van der Waals surface area contributed by atoms with Gasteiger partial charge in [-0.3, -0.25) is 4.79 Å². The number of primary amides is 1. The van der Waals surface area contributed by atoms with E-state index in [0.29, 0.717) is 4.60 Å². The summed E-state index contributed by atoms with van der Waals surface area (Å²) in [5.74, 6) is -0.491. The summed E-state index contributed by atoms with van der Waals surface area (Å²) in [4.78, 5) is 30.7. The number of halogens is 1. The van der Waals surface area contributed by atoms with Crippen LogP contribution in [-0.4, -0.2) is 34.8 Å². The van der Waals surface area contributed by atoms with Crippen molar-refractivity contribution in [3.63, 3.8) is 0 Å². The van der Waals surface area contributed by atoms with E-state index in [0.717, 1.165) is 4.73 Å². The van der Waals surface area contributed by atoms with E-state index in [4.69, 9.17) is 10.5 Å². The molecule has 16 heavy (non-hydrogen) atoms. The molecule has 0 saturated heterocycles. The number of hydrogen-bond donors (Lipinski definition) is 1. The van der Waals surface area contributed by atoms with Gasteiger partial charge >= 0.3 is 6.09 Å². The van der Waals surface area contributed by atoms with E-state index in [1.165, 1.54) is 13.3 Å². The zero-order valence-corrected chi connectivity index (χ0v) is 10.2. The zero-order chi connectivity index (χ0) is 12.3. The van der Waals surface area contributed by atoms with Gasteiger partial charge in [0.1, 0.15) is 10.7 Å². The Labute approximate surface area is 99.6 Å². The molecule has 8 heteroatoms. The standard InChI is InChI=1S/C8H10BrN3O4/c1-4(15-2)6(13)7-11-5(9)3-12(7)16-8(10)14/h3-4H,1-2H3,(H2,10,14). The van der Waals surface area contributed by atoms with Crippen LogP contribution in [0.1, 0.15) is 17.5 Å². The van der Waals surface area contributed by atoms with Crippen LogP contribution >= 0.6 is 15.9 Å². The lowest BCUT2D eigenvalue weighted by molar-refractivity contribution is 0.0610. The number of ketones is 1. The number of carbonyl (C=O) groups is 2. The van der Waals surface area contributed by atoms with Crippen molar-refractivity contribution in [2.75, 3.05) is 7.11 Å². The first-order valence-corrected chi connectivity index (χ1v) is 5.04. The van der Waals surface area contributed by atoms with Gasteiger partial charge in [0.05, 0.1) is 6.20 Å². The Hall–Kier alpha value is -1.41. The summed E-state index contributed by atoms with van der Waals surface area (Å²) < 4.78 is 6.09. The summed E-state index contributed by atoms with van der Waals surface area (Å²) in [6.45, 7) is 1.56. The van der Waals surface area contributed by atoms with Crippen LogP contribution in [0.25, 0.3) is 0 Å². The first-order valence-electron chi connectivity index (χ1n) is 4.25.